The van der Waals surface area contributed by atoms with Gasteiger partial charge in [0.1, 0.15) is 0 Å². The third kappa shape index (κ3) is 2.70. The molecule has 1 nitrogen and oxygen atoms in total. The average molecular weight is 181 g/mol. The fraction of sp³-hybridized carbons (Fsp3) is 1.00. The van der Waals surface area contributed by atoms with E-state index in [4.69, 9.17) is 0 Å². The molecule has 0 saturated heterocycles. The van der Waals surface area contributed by atoms with Crippen LogP contribution >= 0.6 is 0 Å². The van der Waals surface area contributed by atoms with Gasteiger partial charge in [-0.3, -0.25) is 0 Å². The molecule has 0 bridgehead atoms. The van der Waals surface area contributed by atoms with Gasteiger partial charge in [0, 0.05) is 12.1 Å². The predicted molar refractivity (Wildman–Crippen MR) is 56.8 cm³/mol. The average Bonchev–Trinajstić information content (AvgIpc) is 2.57. The van der Waals surface area contributed by atoms with Gasteiger partial charge in [-0.05, 0) is 31.6 Å². The summed E-state index contributed by atoms with van der Waals surface area (Å²) in [5.41, 5.74) is 0. The lowest BCUT2D eigenvalue weighted by molar-refractivity contribution is 0.280. The molecule has 0 amide bonds. The summed E-state index contributed by atoms with van der Waals surface area (Å²) in [5.74, 6) is 0.965. The van der Waals surface area contributed by atoms with Gasteiger partial charge in [-0.2, -0.15) is 0 Å². The standard InChI is InChI=1S/C12H23N/c1-10-5-4-8-12(9-10)13-11-6-2-3-7-11/h10-13H,2-9H2,1H3/t10?,12-/m0/s1. The van der Waals surface area contributed by atoms with E-state index >= 15 is 0 Å². The van der Waals surface area contributed by atoms with Gasteiger partial charge in [0.2, 0.25) is 0 Å². The van der Waals surface area contributed by atoms with E-state index in [1.165, 1.54) is 51.4 Å². The summed E-state index contributed by atoms with van der Waals surface area (Å²) >= 11 is 0. The molecule has 1 heteroatoms. The van der Waals surface area contributed by atoms with Crippen LogP contribution in [0, 0.1) is 5.92 Å². The zero-order valence-electron chi connectivity index (χ0n) is 8.89. The van der Waals surface area contributed by atoms with E-state index < -0.39 is 0 Å². The van der Waals surface area contributed by atoms with Crippen LogP contribution in [0.2, 0.25) is 0 Å². The van der Waals surface area contributed by atoms with Crippen LogP contribution in [0.4, 0.5) is 0 Å². The number of hydrogen-bond donors (Lipinski definition) is 1. The first-order valence-electron chi connectivity index (χ1n) is 6.10. The summed E-state index contributed by atoms with van der Waals surface area (Å²) in [6, 6.07) is 1.72. The highest BCUT2D eigenvalue weighted by Gasteiger charge is 2.22. The monoisotopic (exact) mass is 181 g/mol. The van der Waals surface area contributed by atoms with Gasteiger partial charge in [-0.15, -0.1) is 0 Å². The normalized spacial score (nSPS) is 36.7. The Balaban J connectivity index is 1.73. The number of nitrogens with one attached hydrogen (secondary N) is 1. The molecule has 0 heterocycles. The first-order chi connectivity index (χ1) is 6.34. The first-order valence-corrected chi connectivity index (χ1v) is 6.10. The van der Waals surface area contributed by atoms with Crippen molar-refractivity contribution in [2.24, 2.45) is 5.92 Å². The van der Waals surface area contributed by atoms with E-state index in [-0.39, 0.29) is 0 Å². The minimum absolute atomic E-state index is 0.854. The molecule has 13 heavy (non-hydrogen) atoms. The summed E-state index contributed by atoms with van der Waals surface area (Å²) < 4.78 is 0. The third-order valence-corrected chi connectivity index (χ3v) is 3.76. The molecular formula is C12H23N. The Morgan fingerprint density at radius 3 is 2.23 bits per heavy atom. The molecule has 0 aromatic rings. The van der Waals surface area contributed by atoms with Gasteiger partial charge in [-0.1, -0.05) is 32.6 Å². The Hall–Kier alpha value is -0.0400. The summed E-state index contributed by atoms with van der Waals surface area (Å²) in [7, 11) is 0. The molecule has 2 atom stereocenters. The third-order valence-electron chi connectivity index (χ3n) is 3.76. The predicted octanol–water partition coefficient (Wildman–Crippen LogP) is 3.10. The fourth-order valence-corrected chi connectivity index (χ4v) is 3.01. The lowest BCUT2D eigenvalue weighted by Crippen LogP contribution is -2.39. The van der Waals surface area contributed by atoms with Gasteiger partial charge in [0.15, 0.2) is 0 Å². The van der Waals surface area contributed by atoms with Crippen molar-refractivity contribution in [3.05, 3.63) is 0 Å². The van der Waals surface area contributed by atoms with Gasteiger partial charge < -0.3 is 5.32 Å². The Morgan fingerprint density at radius 1 is 0.846 bits per heavy atom. The van der Waals surface area contributed by atoms with E-state index in [0.717, 1.165) is 18.0 Å². The molecule has 1 N–H and O–H groups in total. The molecule has 0 aliphatic heterocycles. The fourth-order valence-electron chi connectivity index (χ4n) is 3.01. The molecule has 0 radical (unpaired) electrons. The van der Waals surface area contributed by atoms with Crippen LogP contribution in [0.1, 0.15) is 58.3 Å². The van der Waals surface area contributed by atoms with Crippen molar-refractivity contribution in [1.29, 1.82) is 0 Å². The second-order valence-electron chi connectivity index (χ2n) is 5.12. The zero-order chi connectivity index (χ0) is 9.10. The molecule has 2 aliphatic rings. The van der Waals surface area contributed by atoms with E-state index in [1.54, 1.807) is 0 Å². The minimum Gasteiger partial charge on any atom is -0.311 e. The van der Waals surface area contributed by atoms with Crippen molar-refractivity contribution >= 4 is 0 Å². The topological polar surface area (TPSA) is 12.0 Å². The van der Waals surface area contributed by atoms with Crippen LogP contribution in [-0.2, 0) is 0 Å². The first kappa shape index (κ1) is 9.51. The quantitative estimate of drug-likeness (QED) is 0.690. The Labute approximate surface area is 82.3 Å². The Kier molecular flexibility index (Phi) is 3.26. The molecule has 2 aliphatic carbocycles. The van der Waals surface area contributed by atoms with Crippen molar-refractivity contribution in [1.82, 2.24) is 5.32 Å². The lowest BCUT2D eigenvalue weighted by Gasteiger charge is -2.30. The maximum absolute atomic E-state index is 3.85. The van der Waals surface area contributed by atoms with Crippen molar-refractivity contribution < 1.29 is 0 Å². The van der Waals surface area contributed by atoms with Crippen LogP contribution in [0.3, 0.4) is 0 Å². The zero-order valence-corrected chi connectivity index (χ0v) is 8.89. The van der Waals surface area contributed by atoms with Crippen molar-refractivity contribution in [3.63, 3.8) is 0 Å². The summed E-state index contributed by atoms with van der Waals surface area (Å²) in [6.45, 7) is 2.41. The maximum Gasteiger partial charge on any atom is 0.00721 e. The van der Waals surface area contributed by atoms with Gasteiger partial charge in [-0.25, -0.2) is 0 Å². The van der Waals surface area contributed by atoms with Crippen LogP contribution in [0.5, 0.6) is 0 Å². The highest BCUT2D eigenvalue weighted by atomic mass is 15.0. The number of rotatable bonds is 2. The molecule has 0 aromatic carbocycles. The maximum atomic E-state index is 3.85. The highest BCUT2D eigenvalue weighted by Crippen LogP contribution is 2.26. The summed E-state index contributed by atoms with van der Waals surface area (Å²) in [6.07, 6.45) is 11.6. The number of hydrogen-bond acceptors (Lipinski definition) is 1. The Bertz CT molecular complexity index is 149. The second-order valence-corrected chi connectivity index (χ2v) is 5.12. The molecule has 76 valence electrons. The van der Waals surface area contributed by atoms with Crippen molar-refractivity contribution in [2.75, 3.05) is 0 Å². The molecule has 2 saturated carbocycles. The van der Waals surface area contributed by atoms with Gasteiger partial charge in [0.05, 0.1) is 0 Å². The molecule has 2 rings (SSSR count). The van der Waals surface area contributed by atoms with Gasteiger partial charge >= 0.3 is 0 Å². The van der Waals surface area contributed by atoms with Crippen LogP contribution in [-0.4, -0.2) is 12.1 Å². The van der Waals surface area contributed by atoms with Gasteiger partial charge in [0.25, 0.3) is 0 Å². The lowest BCUT2D eigenvalue weighted by atomic mass is 9.86. The van der Waals surface area contributed by atoms with Crippen LogP contribution in [0.25, 0.3) is 0 Å². The molecular weight excluding hydrogens is 158 g/mol. The van der Waals surface area contributed by atoms with E-state index in [0.29, 0.717) is 0 Å². The largest absolute Gasteiger partial charge is 0.311 e. The minimum atomic E-state index is 0.854. The van der Waals surface area contributed by atoms with Crippen molar-refractivity contribution in [3.8, 4) is 0 Å². The van der Waals surface area contributed by atoms with Crippen LogP contribution in [0.15, 0.2) is 0 Å². The smallest absolute Gasteiger partial charge is 0.00721 e. The van der Waals surface area contributed by atoms with Crippen molar-refractivity contribution in [2.45, 2.75) is 70.4 Å². The second kappa shape index (κ2) is 4.45. The SMILES string of the molecule is CC1CCC[C@H](NC2CCCC2)C1. The highest BCUT2D eigenvalue weighted by molar-refractivity contribution is 4.82. The summed E-state index contributed by atoms with van der Waals surface area (Å²) in [5, 5.41) is 3.85. The van der Waals surface area contributed by atoms with E-state index in [9.17, 15) is 0 Å². The van der Waals surface area contributed by atoms with Crippen LogP contribution < -0.4 is 5.32 Å². The molecule has 1 unspecified atom stereocenters. The summed E-state index contributed by atoms with van der Waals surface area (Å²) in [4.78, 5) is 0. The molecule has 0 aromatic heterocycles. The van der Waals surface area contributed by atoms with E-state index in [2.05, 4.69) is 12.2 Å². The Morgan fingerprint density at radius 2 is 1.54 bits per heavy atom. The molecule has 2 fully saturated rings. The molecule has 0 spiro atoms. The van der Waals surface area contributed by atoms with E-state index in [1.807, 2.05) is 0 Å².